The van der Waals surface area contributed by atoms with Gasteiger partial charge in [-0.2, -0.15) is 0 Å². The molecule has 5 nitrogen and oxygen atoms in total. The predicted molar refractivity (Wildman–Crippen MR) is 93.8 cm³/mol. The molecule has 0 rings (SSSR count). The molecule has 0 fully saturated rings. The van der Waals surface area contributed by atoms with Crippen molar-refractivity contribution in [3.63, 3.8) is 0 Å². The molecule has 0 aliphatic rings. The molecule has 0 bridgehead atoms. The molecule has 0 spiro atoms. The topological polar surface area (TPSA) is 61.8 Å². The van der Waals surface area contributed by atoms with Gasteiger partial charge in [0.2, 0.25) is 0 Å². The lowest BCUT2D eigenvalue weighted by molar-refractivity contribution is -0.139. The molecule has 0 aliphatic heterocycles. The summed E-state index contributed by atoms with van der Waals surface area (Å²) in [4.78, 5) is 11.1. The molecule has 23 heavy (non-hydrogen) atoms. The van der Waals surface area contributed by atoms with Crippen LogP contribution in [-0.4, -0.2) is 33.0 Å². The minimum atomic E-state index is -2.81. The van der Waals surface area contributed by atoms with E-state index < -0.39 is 7.60 Å². The molecule has 0 saturated carbocycles. The summed E-state index contributed by atoms with van der Waals surface area (Å²) in [6.07, 6.45) is 10.4. The summed E-state index contributed by atoms with van der Waals surface area (Å²) in [5, 5.41) is 0. The number of unbranched alkanes of at least 4 members (excludes halogenated alkanes) is 8. The molecule has 136 valence electrons. The quantitative estimate of drug-likeness (QED) is 0.178. The first-order valence-electron chi connectivity index (χ1n) is 8.48. The third kappa shape index (κ3) is 12.4. The highest BCUT2D eigenvalue weighted by atomic mass is 31.2. The van der Waals surface area contributed by atoms with E-state index in [-0.39, 0.29) is 5.97 Å². The fourth-order valence-corrected chi connectivity index (χ4v) is 3.32. The van der Waals surface area contributed by atoms with Crippen molar-refractivity contribution in [2.45, 2.75) is 64.7 Å². The Morgan fingerprint density at radius 2 is 1.30 bits per heavy atom. The highest BCUT2D eigenvalue weighted by Crippen LogP contribution is 2.47. The van der Waals surface area contributed by atoms with E-state index in [0.717, 1.165) is 32.1 Å². The van der Waals surface area contributed by atoms with Gasteiger partial charge in [-0.1, -0.05) is 51.5 Å². The molecular formula is C17H33O5P. The zero-order valence-corrected chi connectivity index (χ0v) is 15.9. The van der Waals surface area contributed by atoms with Crippen LogP contribution in [-0.2, 0) is 23.1 Å². The molecule has 0 aromatic carbocycles. The van der Waals surface area contributed by atoms with E-state index in [1.807, 2.05) is 0 Å². The Morgan fingerprint density at radius 1 is 0.870 bits per heavy atom. The zero-order valence-electron chi connectivity index (χ0n) is 15.0. The first-order chi connectivity index (χ1) is 10.9. The maximum absolute atomic E-state index is 11.8. The number of ether oxygens (including phenoxy) is 1. The first-order valence-corrected chi connectivity index (χ1v) is 10.2. The molecule has 0 atom stereocenters. The highest BCUT2D eigenvalue weighted by molar-refractivity contribution is 7.53. The number of hydrogen-bond acceptors (Lipinski definition) is 5. The predicted octanol–water partition coefficient (Wildman–Crippen LogP) is 5.10. The van der Waals surface area contributed by atoms with Gasteiger partial charge < -0.3 is 13.8 Å². The van der Waals surface area contributed by atoms with Crippen molar-refractivity contribution in [1.82, 2.24) is 0 Å². The third-order valence-corrected chi connectivity index (χ3v) is 5.69. The fourth-order valence-electron chi connectivity index (χ4n) is 2.19. The Labute approximate surface area is 141 Å². The first kappa shape index (κ1) is 22.4. The van der Waals surface area contributed by atoms with Crippen molar-refractivity contribution in [2.24, 2.45) is 0 Å². The molecule has 0 aromatic rings. The van der Waals surface area contributed by atoms with Crippen molar-refractivity contribution < 1.29 is 23.1 Å². The SMILES string of the molecule is C=C(C)C(=O)OCCCCCCCCCCCP(=O)(OC)OC. The molecule has 0 amide bonds. The van der Waals surface area contributed by atoms with Gasteiger partial charge in [0.1, 0.15) is 0 Å². The molecule has 0 N–H and O–H groups in total. The highest BCUT2D eigenvalue weighted by Gasteiger charge is 2.19. The van der Waals surface area contributed by atoms with Crippen molar-refractivity contribution in [1.29, 1.82) is 0 Å². The second-order valence-corrected chi connectivity index (χ2v) is 8.20. The van der Waals surface area contributed by atoms with E-state index in [9.17, 15) is 9.36 Å². The smallest absolute Gasteiger partial charge is 0.333 e. The van der Waals surface area contributed by atoms with Crippen LogP contribution in [0.2, 0.25) is 0 Å². The van der Waals surface area contributed by atoms with E-state index in [1.165, 1.54) is 39.9 Å². The summed E-state index contributed by atoms with van der Waals surface area (Å²) >= 11 is 0. The maximum Gasteiger partial charge on any atom is 0.333 e. The molecule has 0 aliphatic carbocycles. The minimum Gasteiger partial charge on any atom is -0.462 e. The Bertz CT molecular complexity index is 373. The average Bonchev–Trinajstić information content (AvgIpc) is 2.55. The Balaban J connectivity index is 3.30. The lowest BCUT2D eigenvalue weighted by Gasteiger charge is -2.12. The van der Waals surface area contributed by atoms with Crippen LogP contribution in [0.25, 0.3) is 0 Å². The standard InChI is InChI=1S/C17H33O5P/c1-16(2)17(18)22-14-12-10-8-6-5-7-9-11-13-15-23(19,20-3)21-4/h1,5-15H2,2-4H3. The zero-order chi connectivity index (χ0) is 17.6. The van der Waals surface area contributed by atoms with E-state index in [2.05, 4.69) is 6.58 Å². The van der Waals surface area contributed by atoms with Crippen LogP contribution < -0.4 is 0 Å². The van der Waals surface area contributed by atoms with Crippen LogP contribution in [0.5, 0.6) is 0 Å². The summed E-state index contributed by atoms with van der Waals surface area (Å²) in [6.45, 7) is 5.69. The molecular weight excluding hydrogens is 315 g/mol. The molecule has 0 saturated heterocycles. The Morgan fingerprint density at radius 3 is 1.74 bits per heavy atom. The average molecular weight is 348 g/mol. The van der Waals surface area contributed by atoms with Gasteiger partial charge in [0.25, 0.3) is 0 Å². The van der Waals surface area contributed by atoms with Crippen LogP contribution in [0, 0.1) is 0 Å². The van der Waals surface area contributed by atoms with Gasteiger partial charge >= 0.3 is 13.6 Å². The van der Waals surface area contributed by atoms with E-state index in [4.69, 9.17) is 13.8 Å². The second-order valence-electron chi connectivity index (χ2n) is 5.80. The summed E-state index contributed by atoms with van der Waals surface area (Å²) < 4.78 is 26.7. The van der Waals surface area contributed by atoms with E-state index >= 15 is 0 Å². The number of carbonyl (C=O) groups excluding carboxylic acids is 1. The summed E-state index contributed by atoms with van der Waals surface area (Å²) in [5.41, 5.74) is 0.456. The number of hydrogen-bond donors (Lipinski definition) is 0. The minimum absolute atomic E-state index is 0.295. The summed E-state index contributed by atoms with van der Waals surface area (Å²) in [7, 11) is 0.0556. The van der Waals surface area contributed by atoms with E-state index in [1.54, 1.807) is 6.92 Å². The lowest BCUT2D eigenvalue weighted by atomic mass is 10.1. The lowest BCUT2D eigenvalue weighted by Crippen LogP contribution is -2.05. The van der Waals surface area contributed by atoms with Crippen molar-refractivity contribution in [2.75, 3.05) is 27.0 Å². The van der Waals surface area contributed by atoms with Crippen molar-refractivity contribution >= 4 is 13.6 Å². The van der Waals surface area contributed by atoms with Gasteiger partial charge in [0.05, 0.1) is 12.8 Å². The van der Waals surface area contributed by atoms with Gasteiger partial charge in [-0.05, 0) is 19.8 Å². The largest absolute Gasteiger partial charge is 0.462 e. The van der Waals surface area contributed by atoms with Crippen LogP contribution in [0.1, 0.15) is 64.7 Å². The van der Waals surface area contributed by atoms with Crippen LogP contribution in [0.15, 0.2) is 12.2 Å². The molecule has 0 aromatic heterocycles. The molecule has 0 heterocycles. The van der Waals surface area contributed by atoms with Crippen molar-refractivity contribution in [3.05, 3.63) is 12.2 Å². The third-order valence-electron chi connectivity index (χ3n) is 3.71. The molecule has 6 heteroatoms. The summed E-state index contributed by atoms with van der Waals surface area (Å²) in [6, 6.07) is 0. The maximum atomic E-state index is 11.8. The number of carbonyl (C=O) groups is 1. The van der Waals surface area contributed by atoms with Crippen LogP contribution in [0.4, 0.5) is 0 Å². The number of rotatable bonds is 15. The van der Waals surface area contributed by atoms with Crippen molar-refractivity contribution in [3.8, 4) is 0 Å². The molecule has 0 unspecified atom stereocenters. The van der Waals surface area contributed by atoms with Gasteiger partial charge in [-0.15, -0.1) is 0 Å². The second kappa shape index (κ2) is 13.8. The normalized spacial score (nSPS) is 11.4. The van der Waals surface area contributed by atoms with Gasteiger partial charge in [-0.25, -0.2) is 4.79 Å². The van der Waals surface area contributed by atoms with Gasteiger partial charge in [0.15, 0.2) is 0 Å². The Kier molecular flexibility index (Phi) is 13.4. The van der Waals surface area contributed by atoms with E-state index in [0.29, 0.717) is 18.3 Å². The fraction of sp³-hybridized carbons (Fsp3) is 0.824. The monoisotopic (exact) mass is 348 g/mol. The number of esters is 1. The van der Waals surface area contributed by atoms with Gasteiger partial charge in [0, 0.05) is 19.8 Å². The van der Waals surface area contributed by atoms with Crippen LogP contribution >= 0.6 is 7.60 Å². The Hall–Kier alpha value is -0.640. The van der Waals surface area contributed by atoms with Crippen LogP contribution in [0.3, 0.4) is 0 Å². The summed E-state index contributed by atoms with van der Waals surface area (Å²) in [5.74, 6) is -0.295. The molecule has 0 radical (unpaired) electrons. The van der Waals surface area contributed by atoms with Gasteiger partial charge in [-0.3, -0.25) is 4.57 Å².